The highest BCUT2D eigenvalue weighted by Gasteiger charge is 2.26. The third-order valence-corrected chi connectivity index (χ3v) is 4.62. The molecule has 0 aliphatic rings. The number of hydrogen-bond acceptors (Lipinski definition) is 7. The van der Waals surface area contributed by atoms with E-state index in [1.807, 2.05) is 0 Å². The minimum atomic E-state index is -1.51. The van der Waals surface area contributed by atoms with Crippen molar-refractivity contribution in [1.29, 1.82) is 0 Å². The number of nitrogens with one attached hydrogen (secondary N) is 2. The van der Waals surface area contributed by atoms with Crippen LogP contribution in [0.25, 0.3) is 10.8 Å². The van der Waals surface area contributed by atoms with Gasteiger partial charge in [-0.3, -0.25) is 5.32 Å². The fourth-order valence-corrected chi connectivity index (χ4v) is 3.27. The van der Waals surface area contributed by atoms with Crippen molar-refractivity contribution in [2.75, 3.05) is 17.2 Å². The smallest absolute Gasteiger partial charge is 0.413 e. The number of aromatic nitrogens is 1. The molecule has 3 rings (SSSR count). The van der Waals surface area contributed by atoms with E-state index in [4.69, 9.17) is 9.47 Å². The maximum atomic E-state index is 14.6. The molecule has 0 bridgehead atoms. The molecule has 0 spiro atoms. The first-order chi connectivity index (χ1) is 16.0. The number of carboxylic acids is 1. The Kier molecular flexibility index (Phi) is 7.09. The predicted octanol–water partition coefficient (Wildman–Crippen LogP) is 5.06. The van der Waals surface area contributed by atoms with E-state index in [9.17, 15) is 24.2 Å². The number of ether oxygens (including phenoxy) is 2. The number of carbonyl (C=O) groups is 2. The van der Waals surface area contributed by atoms with Gasteiger partial charge in [0.25, 0.3) is 0 Å². The number of halogens is 1. The van der Waals surface area contributed by atoms with Crippen LogP contribution >= 0.6 is 0 Å². The van der Waals surface area contributed by atoms with Crippen LogP contribution in [0.2, 0.25) is 0 Å². The lowest BCUT2D eigenvalue weighted by Crippen LogP contribution is -2.27. The number of phenols is 1. The highest BCUT2D eigenvalue weighted by molar-refractivity contribution is 5.99. The fraction of sp³-hybridized carbons (Fsp3) is 0.292. The number of aliphatic carboxylic acids is 1. The molecule has 0 aliphatic heterocycles. The van der Waals surface area contributed by atoms with Gasteiger partial charge in [-0.25, -0.2) is 19.0 Å². The molecule has 0 radical (unpaired) electrons. The molecule has 0 aliphatic carbocycles. The number of aromatic hydroxyl groups is 1. The minimum absolute atomic E-state index is 0.145. The normalized spacial score (nSPS) is 12.1. The summed E-state index contributed by atoms with van der Waals surface area (Å²) in [5.74, 6) is -2.71. The van der Waals surface area contributed by atoms with E-state index >= 15 is 0 Å². The summed E-state index contributed by atoms with van der Waals surface area (Å²) in [6.45, 7) is 7.20. The van der Waals surface area contributed by atoms with E-state index in [0.717, 1.165) is 6.07 Å². The van der Waals surface area contributed by atoms with Gasteiger partial charge < -0.3 is 25.0 Å². The lowest BCUT2D eigenvalue weighted by molar-refractivity contribution is -0.138. The third kappa shape index (κ3) is 5.83. The van der Waals surface area contributed by atoms with E-state index in [0.29, 0.717) is 16.5 Å². The van der Waals surface area contributed by atoms with Crippen molar-refractivity contribution in [1.82, 2.24) is 4.98 Å². The van der Waals surface area contributed by atoms with E-state index in [2.05, 4.69) is 15.6 Å². The van der Waals surface area contributed by atoms with Gasteiger partial charge in [0.1, 0.15) is 17.2 Å². The molecule has 1 aromatic heterocycles. The Bertz CT molecular complexity index is 1230. The molecule has 1 atom stereocenters. The predicted molar refractivity (Wildman–Crippen MR) is 125 cm³/mol. The number of phenolic OH excluding ortho intramolecular Hbond substituents is 1. The number of fused-ring (bicyclic) bond motifs is 1. The molecule has 0 saturated carbocycles. The van der Waals surface area contributed by atoms with Crippen LogP contribution in [0.5, 0.6) is 11.5 Å². The average molecular weight is 471 g/mol. The van der Waals surface area contributed by atoms with Crippen molar-refractivity contribution in [2.45, 2.75) is 39.3 Å². The summed E-state index contributed by atoms with van der Waals surface area (Å²) >= 11 is 0. The van der Waals surface area contributed by atoms with Gasteiger partial charge in [-0.2, -0.15) is 0 Å². The van der Waals surface area contributed by atoms with Gasteiger partial charge in [0.2, 0.25) is 0 Å². The van der Waals surface area contributed by atoms with Crippen molar-refractivity contribution >= 4 is 34.3 Å². The largest absolute Gasteiger partial charge is 0.505 e. The zero-order valence-electron chi connectivity index (χ0n) is 19.2. The first-order valence-corrected chi connectivity index (χ1v) is 10.5. The first kappa shape index (κ1) is 24.6. The van der Waals surface area contributed by atoms with Crippen LogP contribution in [0.4, 0.5) is 20.7 Å². The van der Waals surface area contributed by atoms with Crippen molar-refractivity contribution in [3.05, 3.63) is 54.0 Å². The second kappa shape index (κ2) is 9.82. The molecule has 4 N–H and O–H groups in total. The van der Waals surface area contributed by atoms with Crippen molar-refractivity contribution in [2.24, 2.45) is 0 Å². The van der Waals surface area contributed by atoms with Crippen molar-refractivity contribution in [3.63, 3.8) is 0 Å². The van der Waals surface area contributed by atoms with Gasteiger partial charge >= 0.3 is 12.1 Å². The second-order valence-corrected chi connectivity index (χ2v) is 8.42. The lowest BCUT2D eigenvalue weighted by Gasteiger charge is -2.20. The zero-order valence-corrected chi connectivity index (χ0v) is 19.2. The highest BCUT2D eigenvalue weighted by Crippen LogP contribution is 2.33. The summed E-state index contributed by atoms with van der Waals surface area (Å²) in [7, 11) is 0. The Hall–Kier alpha value is -4.08. The van der Waals surface area contributed by atoms with Crippen molar-refractivity contribution < 1.29 is 33.7 Å². The van der Waals surface area contributed by atoms with Crippen LogP contribution in [0.1, 0.15) is 39.3 Å². The zero-order chi connectivity index (χ0) is 25.0. The van der Waals surface area contributed by atoms with Gasteiger partial charge in [0.15, 0.2) is 17.6 Å². The Morgan fingerprint density at radius 2 is 1.91 bits per heavy atom. The summed E-state index contributed by atoms with van der Waals surface area (Å²) in [4.78, 5) is 28.3. The van der Waals surface area contributed by atoms with E-state index in [1.165, 1.54) is 12.3 Å². The van der Waals surface area contributed by atoms with Gasteiger partial charge in [0.05, 0.1) is 6.61 Å². The molecule has 3 aromatic rings. The minimum Gasteiger partial charge on any atom is -0.505 e. The summed E-state index contributed by atoms with van der Waals surface area (Å²) in [5.41, 5.74) is -0.589. The molecule has 10 heteroatoms. The SMILES string of the molecule is CCOc1cc(O)c(F)c(C(Nc2ccc3c(NC(=O)OC(C)(C)C)nccc3c2)C(=O)O)c1. The number of nitrogens with zero attached hydrogens (tertiary/aromatic N) is 1. The Labute approximate surface area is 195 Å². The Morgan fingerprint density at radius 1 is 1.18 bits per heavy atom. The molecule has 34 heavy (non-hydrogen) atoms. The van der Waals surface area contributed by atoms with Crippen LogP contribution < -0.4 is 15.4 Å². The number of hydrogen-bond donors (Lipinski definition) is 4. The third-order valence-electron chi connectivity index (χ3n) is 4.62. The summed E-state index contributed by atoms with van der Waals surface area (Å²) < 4.78 is 25.2. The van der Waals surface area contributed by atoms with E-state index in [1.54, 1.807) is 52.0 Å². The number of rotatable bonds is 7. The standard InChI is InChI=1S/C24H26FN3O6/c1-5-33-15-11-17(19(25)18(29)12-15)20(22(30)31)27-14-6-7-16-13(10-14)8-9-26-21(16)28-23(32)34-24(2,3)4/h6-12,20,27,29H,5H2,1-4H3,(H,30,31)(H,26,28,32). The maximum Gasteiger partial charge on any atom is 0.413 e. The second-order valence-electron chi connectivity index (χ2n) is 8.42. The number of carboxylic acid groups (broad SMARTS) is 1. The van der Waals surface area contributed by atoms with Crippen LogP contribution in [0, 0.1) is 5.82 Å². The number of amides is 1. The molecule has 1 heterocycles. The van der Waals surface area contributed by atoms with Crippen LogP contribution in [0.3, 0.4) is 0 Å². The van der Waals surface area contributed by atoms with Gasteiger partial charge in [-0.15, -0.1) is 0 Å². The molecule has 9 nitrogen and oxygen atoms in total. The monoisotopic (exact) mass is 471 g/mol. The first-order valence-electron chi connectivity index (χ1n) is 10.5. The molecule has 2 aromatic carbocycles. The van der Waals surface area contributed by atoms with Gasteiger partial charge in [0, 0.05) is 28.9 Å². The Morgan fingerprint density at radius 3 is 2.56 bits per heavy atom. The molecule has 0 saturated heterocycles. The number of carbonyl (C=O) groups excluding carboxylic acids is 1. The van der Waals surface area contributed by atoms with Crippen LogP contribution in [0.15, 0.2) is 42.6 Å². The quantitative estimate of drug-likeness (QED) is 0.376. The summed E-state index contributed by atoms with van der Waals surface area (Å²) in [6.07, 6.45) is 0.821. The topological polar surface area (TPSA) is 130 Å². The van der Waals surface area contributed by atoms with Crippen molar-refractivity contribution in [3.8, 4) is 11.5 Å². The van der Waals surface area contributed by atoms with E-state index in [-0.39, 0.29) is 23.7 Å². The average Bonchev–Trinajstić information content (AvgIpc) is 2.73. The molecule has 0 fully saturated rings. The molecular formula is C24H26FN3O6. The van der Waals surface area contributed by atoms with E-state index < -0.39 is 35.3 Å². The Balaban J connectivity index is 1.92. The van der Waals surface area contributed by atoms with Crippen LogP contribution in [-0.2, 0) is 9.53 Å². The fourth-order valence-electron chi connectivity index (χ4n) is 3.27. The number of anilines is 2. The lowest BCUT2D eigenvalue weighted by atomic mass is 10.0. The maximum absolute atomic E-state index is 14.6. The molecule has 180 valence electrons. The number of benzene rings is 2. The molecule has 1 amide bonds. The highest BCUT2D eigenvalue weighted by atomic mass is 19.1. The summed E-state index contributed by atoms with van der Waals surface area (Å²) in [6, 6.07) is 7.34. The molecule has 1 unspecified atom stereocenters. The van der Waals surface area contributed by atoms with Gasteiger partial charge in [-0.1, -0.05) is 0 Å². The number of pyridine rings is 1. The molecular weight excluding hydrogens is 445 g/mol. The van der Waals surface area contributed by atoms with Gasteiger partial charge in [-0.05, 0) is 63.4 Å². The van der Waals surface area contributed by atoms with Crippen LogP contribution in [-0.4, -0.2) is 39.5 Å². The summed E-state index contributed by atoms with van der Waals surface area (Å²) in [5, 5.41) is 26.2.